The molecular formula is C28H35O6S+. The topological polar surface area (TPSA) is 55.4 Å². The van der Waals surface area contributed by atoms with Gasteiger partial charge in [0, 0.05) is 14.2 Å². The van der Waals surface area contributed by atoms with E-state index in [2.05, 4.69) is 48.5 Å². The van der Waals surface area contributed by atoms with Crippen molar-refractivity contribution in [3.63, 3.8) is 0 Å². The van der Waals surface area contributed by atoms with Crippen LogP contribution in [0.4, 0.5) is 0 Å². The van der Waals surface area contributed by atoms with Gasteiger partial charge in [-0.1, -0.05) is 18.2 Å². The van der Waals surface area contributed by atoms with Gasteiger partial charge in [-0.05, 0) is 60.7 Å². The summed E-state index contributed by atoms with van der Waals surface area (Å²) >= 11 is 0. The second-order valence-corrected chi connectivity index (χ2v) is 9.50. The van der Waals surface area contributed by atoms with E-state index in [9.17, 15) is 0 Å². The molecule has 0 N–H and O–H groups in total. The number of benzene rings is 3. The van der Waals surface area contributed by atoms with Crippen LogP contribution in [-0.2, 0) is 29.8 Å². The van der Waals surface area contributed by atoms with Gasteiger partial charge in [-0.2, -0.15) is 0 Å². The molecule has 6 nitrogen and oxygen atoms in total. The van der Waals surface area contributed by atoms with E-state index in [0.29, 0.717) is 52.9 Å². The van der Waals surface area contributed by atoms with Crippen molar-refractivity contribution in [1.82, 2.24) is 0 Å². The van der Waals surface area contributed by atoms with E-state index in [4.69, 9.17) is 28.4 Å². The monoisotopic (exact) mass is 499 g/mol. The van der Waals surface area contributed by atoms with Crippen molar-refractivity contribution in [1.29, 1.82) is 0 Å². The number of rotatable bonds is 17. The van der Waals surface area contributed by atoms with Crippen LogP contribution in [0.15, 0.2) is 93.5 Å². The SMILES string of the molecule is COCCOCCOc1ccc([S+](c2ccccc2)c2ccc(OCCOCCOC)cc2)cc1. The molecule has 188 valence electrons. The zero-order valence-electron chi connectivity index (χ0n) is 20.5. The number of hydrogen-bond donors (Lipinski definition) is 0. The van der Waals surface area contributed by atoms with Gasteiger partial charge in [-0.3, -0.25) is 0 Å². The maximum Gasteiger partial charge on any atom is 0.166 e. The first-order chi connectivity index (χ1) is 17.3. The summed E-state index contributed by atoms with van der Waals surface area (Å²) in [4.78, 5) is 3.70. The minimum absolute atomic E-state index is 0.242. The van der Waals surface area contributed by atoms with Crippen LogP contribution < -0.4 is 9.47 Å². The third kappa shape index (κ3) is 9.55. The lowest BCUT2D eigenvalue weighted by Crippen LogP contribution is -2.10. The highest BCUT2D eigenvalue weighted by molar-refractivity contribution is 7.97. The molecule has 0 bridgehead atoms. The molecule has 0 unspecified atom stereocenters. The van der Waals surface area contributed by atoms with E-state index >= 15 is 0 Å². The second kappa shape index (κ2) is 16.2. The molecule has 3 rings (SSSR count). The first-order valence-electron chi connectivity index (χ1n) is 11.7. The van der Waals surface area contributed by atoms with Crippen LogP contribution in [0, 0.1) is 0 Å². The molecule has 7 heteroatoms. The Morgan fingerprint density at radius 1 is 0.457 bits per heavy atom. The van der Waals surface area contributed by atoms with Crippen LogP contribution in [0.25, 0.3) is 0 Å². The zero-order valence-corrected chi connectivity index (χ0v) is 21.3. The van der Waals surface area contributed by atoms with Gasteiger partial charge < -0.3 is 28.4 Å². The summed E-state index contributed by atoms with van der Waals surface area (Å²) < 4.78 is 32.5. The van der Waals surface area contributed by atoms with Crippen molar-refractivity contribution >= 4 is 10.9 Å². The summed E-state index contributed by atoms with van der Waals surface area (Å²) in [6, 6.07) is 27.2. The van der Waals surface area contributed by atoms with Crippen molar-refractivity contribution < 1.29 is 28.4 Å². The quantitative estimate of drug-likeness (QED) is 0.195. The van der Waals surface area contributed by atoms with E-state index < -0.39 is 0 Å². The van der Waals surface area contributed by atoms with Crippen LogP contribution >= 0.6 is 0 Å². The Kier molecular flexibility index (Phi) is 12.5. The van der Waals surface area contributed by atoms with E-state index in [1.807, 2.05) is 30.3 Å². The van der Waals surface area contributed by atoms with Crippen LogP contribution in [0.5, 0.6) is 11.5 Å². The third-order valence-corrected chi connectivity index (χ3v) is 7.18. The molecule has 0 aliphatic rings. The van der Waals surface area contributed by atoms with Crippen LogP contribution in [-0.4, -0.2) is 67.1 Å². The zero-order chi connectivity index (χ0) is 24.6. The molecule has 35 heavy (non-hydrogen) atoms. The predicted octanol–water partition coefficient (Wildman–Crippen LogP) is 4.87. The molecule has 0 saturated carbocycles. The molecule has 0 saturated heterocycles. The largest absolute Gasteiger partial charge is 0.491 e. The molecule has 3 aromatic rings. The maximum atomic E-state index is 5.82. The second-order valence-electron chi connectivity index (χ2n) is 7.47. The van der Waals surface area contributed by atoms with Gasteiger partial charge in [0.1, 0.15) is 24.7 Å². The Balaban J connectivity index is 1.62. The highest BCUT2D eigenvalue weighted by atomic mass is 32.2. The molecule has 0 fully saturated rings. The van der Waals surface area contributed by atoms with E-state index in [-0.39, 0.29) is 10.9 Å². The van der Waals surface area contributed by atoms with Gasteiger partial charge in [0.15, 0.2) is 14.7 Å². The summed E-state index contributed by atoms with van der Waals surface area (Å²) in [6.45, 7) is 4.41. The van der Waals surface area contributed by atoms with E-state index in [0.717, 1.165) is 11.5 Å². The minimum Gasteiger partial charge on any atom is -0.491 e. The Morgan fingerprint density at radius 2 is 0.857 bits per heavy atom. The van der Waals surface area contributed by atoms with Crippen molar-refractivity contribution in [2.75, 3.05) is 67.1 Å². The standard InChI is InChI=1S/C28H35O6S/c1-29-16-18-31-20-22-33-24-8-12-27(13-9-24)35(26-6-4-3-5-7-26)28-14-10-25(11-15-28)34-23-21-32-19-17-30-2/h3-15H,16-23H2,1-2H3/q+1. The summed E-state index contributed by atoms with van der Waals surface area (Å²) in [6.07, 6.45) is 0. The van der Waals surface area contributed by atoms with Gasteiger partial charge in [0.25, 0.3) is 0 Å². The molecule has 0 spiro atoms. The molecule has 3 aromatic carbocycles. The number of methoxy groups -OCH3 is 2. The maximum absolute atomic E-state index is 5.82. The fourth-order valence-corrected chi connectivity index (χ4v) is 5.30. The smallest absolute Gasteiger partial charge is 0.166 e. The fourth-order valence-electron chi connectivity index (χ4n) is 3.23. The highest BCUT2D eigenvalue weighted by Crippen LogP contribution is 2.33. The molecule has 0 heterocycles. The van der Waals surface area contributed by atoms with Gasteiger partial charge in [-0.15, -0.1) is 0 Å². The van der Waals surface area contributed by atoms with Crippen LogP contribution in [0.2, 0.25) is 0 Å². The van der Waals surface area contributed by atoms with Crippen molar-refractivity contribution in [3.05, 3.63) is 78.9 Å². The summed E-state index contributed by atoms with van der Waals surface area (Å²) in [5.41, 5.74) is 0. The molecule has 0 aromatic heterocycles. The van der Waals surface area contributed by atoms with Crippen LogP contribution in [0.1, 0.15) is 0 Å². The van der Waals surface area contributed by atoms with E-state index in [1.54, 1.807) is 14.2 Å². The lowest BCUT2D eigenvalue weighted by molar-refractivity contribution is 0.0544. The Bertz CT molecular complexity index is 874. The minimum atomic E-state index is -0.242. The molecule has 0 aliphatic heterocycles. The van der Waals surface area contributed by atoms with Gasteiger partial charge >= 0.3 is 0 Å². The normalized spacial score (nSPS) is 11.1. The first-order valence-corrected chi connectivity index (χ1v) is 12.9. The van der Waals surface area contributed by atoms with Crippen molar-refractivity contribution in [2.45, 2.75) is 14.7 Å². The Morgan fingerprint density at radius 3 is 1.29 bits per heavy atom. The summed E-state index contributed by atoms with van der Waals surface area (Å²) in [5.74, 6) is 1.66. The van der Waals surface area contributed by atoms with Gasteiger partial charge in [0.05, 0.1) is 50.5 Å². The number of hydrogen-bond acceptors (Lipinski definition) is 6. The van der Waals surface area contributed by atoms with E-state index in [1.165, 1.54) is 14.7 Å². The fraction of sp³-hybridized carbons (Fsp3) is 0.357. The first kappa shape index (κ1) is 27.0. The average Bonchev–Trinajstić information content (AvgIpc) is 2.90. The van der Waals surface area contributed by atoms with Crippen molar-refractivity contribution in [2.24, 2.45) is 0 Å². The molecule has 0 amide bonds. The van der Waals surface area contributed by atoms with Gasteiger partial charge in [-0.25, -0.2) is 0 Å². The molecule has 0 radical (unpaired) electrons. The predicted molar refractivity (Wildman–Crippen MR) is 138 cm³/mol. The lowest BCUT2D eigenvalue weighted by atomic mass is 10.3. The van der Waals surface area contributed by atoms with Crippen LogP contribution in [0.3, 0.4) is 0 Å². The Hall–Kier alpha value is -2.55. The third-order valence-electron chi connectivity index (χ3n) is 4.95. The molecule has 0 aliphatic carbocycles. The molecule has 0 atom stereocenters. The average molecular weight is 500 g/mol. The Labute approximate surface area is 211 Å². The van der Waals surface area contributed by atoms with Crippen molar-refractivity contribution in [3.8, 4) is 11.5 Å². The van der Waals surface area contributed by atoms with Gasteiger partial charge in [0.2, 0.25) is 0 Å². The summed E-state index contributed by atoms with van der Waals surface area (Å²) in [7, 11) is 3.08. The molecular weight excluding hydrogens is 464 g/mol. The summed E-state index contributed by atoms with van der Waals surface area (Å²) in [5, 5.41) is 0. The highest BCUT2D eigenvalue weighted by Gasteiger charge is 2.28. The number of ether oxygens (including phenoxy) is 6. The lowest BCUT2D eigenvalue weighted by Gasteiger charge is -2.11.